The van der Waals surface area contributed by atoms with Crippen LogP contribution in [-0.2, 0) is 4.79 Å². The minimum Gasteiger partial charge on any atom is -0.497 e. The first-order valence-electron chi connectivity index (χ1n) is 8.86. The predicted octanol–water partition coefficient (Wildman–Crippen LogP) is 5.43. The van der Waals surface area contributed by atoms with Crippen LogP contribution in [0, 0.1) is 5.82 Å². The molecule has 1 aliphatic heterocycles. The summed E-state index contributed by atoms with van der Waals surface area (Å²) in [6, 6.07) is 20.8. The van der Waals surface area contributed by atoms with Gasteiger partial charge in [-0.05, 0) is 54.1 Å². The quantitative estimate of drug-likeness (QED) is 0.497. The third-order valence-electron chi connectivity index (χ3n) is 4.44. The summed E-state index contributed by atoms with van der Waals surface area (Å²) < 4.78 is 20.6. The average Bonchev–Trinajstić information content (AvgIpc) is 3.04. The Morgan fingerprint density at radius 3 is 2.59 bits per heavy atom. The molecule has 0 unspecified atom stereocenters. The standard InChI is InChI=1S/C23H16BrFN2O2/c1-29-18-9-4-6-15(12-18)13-21-23(28)27(17-8-5-7-16(24)14-17)22(26-21)19-10-2-3-11-20(19)25/h2-14H,1H3/b21-13+. The zero-order valence-corrected chi connectivity index (χ0v) is 17.1. The summed E-state index contributed by atoms with van der Waals surface area (Å²) in [7, 11) is 1.58. The lowest BCUT2D eigenvalue weighted by Gasteiger charge is -2.19. The Balaban J connectivity index is 1.85. The van der Waals surface area contributed by atoms with Crippen LogP contribution < -0.4 is 9.64 Å². The molecule has 0 aromatic heterocycles. The molecule has 0 spiro atoms. The maximum Gasteiger partial charge on any atom is 0.282 e. The molecule has 0 fully saturated rings. The maximum absolute atomic E-state index is 14.5. The van der Waals surface area contributed by atoms with Crippen LogP contribution in [0.25, 0.3) is 6.08 Å². The number of hydrogen-bond acceptors (Lipinski definition) is 3. The fourth-order valence-electron chi connectivity index (χ4n) is 3.08. The lowest BCUT2D eigenvalue weighted by molar-refractivity contribution is -0.113. The van der Waals surface area contributed by atoms with Crippen molar-refractivity contribution in [1.82, 2.24) is 0 Å². The van der Waals surface area contributed by atoms with Gasteiger partial charge in [0.25, 0.3) is 5.91 Å². The van der Waals surface area contributed by atoms with Crippen LogP contribution in [0.4, 0.5) is 10.1 Å². The summed E-state index contributed by atoms with van der Waals surface area (Å²) in [5.74, 6) is 0.151. The second-order valence-electron chi connectivity index (χ2n) is 6.34. The number of amides is 1. The highest BCUT2D eigenvalue weighted by Gasteiger charge is 2.33. The molecular formula is C23H16BrFN2O2. The third-order valence-corrected chi connectivity index (χ3v) is 4.93. The van der Waals surface area contributed by atoms with Crippen LogP contribution in [0.2, 0.25) is 0 Å². The van der Waals surface area contributed by atoms with Crippen LogP contribution in [0.15, 0.2) is 88.0 Å². The average molecular weight is 451 g/mol. The molecule has 3 aromatic rings. The molecule has 0 atom stereocenters. The Kier molecular flexibility index (Phi) is 5.27. The third kappa shape index (κ3) is 3.84. The Labute approximate surface area is 176 Å². The van der Waals surface area contributed by atoms with E-state index in [4.69, 9.17) is 4.74 Å². The Morgan fingerprint density at radius 2 is 1.83 bits per heavy atom. The molecule has 1 heterocycles. The normalized spacial score (nSPS) is 15.0. The first-order valence-corrected chi connectivity index (χ1v) is 9.65. The van der Waals surface area contributed by atoms with Gasteiger partial charge in [-0.15, -0.1) is 0 Å². The number of ether oxygens (including phenoxy) is 1. The Morgan fingerprint density at radius 1 is 1.03 bits per heavy atom. The zero-order valence-electron chi connectivity index (χ0n) is 15.5. The summed E-state index contributed by atoms with van der Waals surface area (Å²) in [5.41, 5.74) is 1.84. The highest BCUT2D eigenvalue weighted by atomic mass is 79.9. The van der Waals surface area contributed by atoms with E-state index < -0.39 is 5.82 Å². The van der Waals surface area contributed by atoms with Crippen molar-refractivity contribution in [3.05, 3.63) is 99.9 Å². The molecule has 0 radical (unpaired) electrons. The Hall–Kier alpha value is -3.25. The van der Waals surface area contributed by atoms with Gasteiger partial charge in [0.2, 0.25) is 0 Å². The van der Waals surface area contributed by atoms with Gasteiger partial charge in [0, 0.05) is 4.47 Å². The molecule has 0 saturated carbocycles. The molecule has 29 heavy (non-hydrogen) atoms. The van der Waals surface area contributed by atoms with Gasteiger partial charge in [-0.2, -0.15) is 0 Å². The minimum absolute atomic E-state index is 0.219. The fraction of sp³-hybridized carbons (Fsp3) is 0.0435. The molecular weight excluding hydrogens is 435 g/mol. The molecule has 0 aliphatic carbocycles. The summed E-state index contributed by atoms with van der Waals surface area (Å²) in [5, 5.41) is 0. The molecule has 0 N–H and O–H groups in total. The van der Waals surface area contributed by atoms with E-state index in [0.29, 0.717) is 11.4 Å². The van der Waals surface area contributed by atoms with Crippen molar-refractivity contribution < 1.29 is 13.9 Å². The van der Waals surface area contributed by atoms with Crippen molar-refractivity contribution in [1.29, 1.82) is 0 Å². The highest BCUT2D eigenvalue weighted by Crippen LogP contribution is 2.30. The fourth-order valence-corrected chi connectivity index (χ4v) is 3.47. The topological polar surface area (TPSA) is 41.9 Å². The van der Waals surface area contributed by atoms with Crippen molar-refractivity contribution in [2.45, 2.75) is 0 Å². The van der Waals surface area contributed by atoms with Crippen LogP contribution in [0.3, 0.4) is 0 Å². The van der Waals surface area contributed by atoms with Crippen LogP contribution in [0.5, 0.6) is 5.75 Å². The highest BCUT2D eigenvalue weighted by molar-refractivity contribution is 9.10. The summed E-state index contributed by atoms with van der Waals surface area (Å²) in [6.45, 7) is 0. The van der Waals surface area contributed by atoms with Gasteiger partial charge in [-0.25, -0.2) is 9.38 Å². The van der Waals surface area contributed by atoms with Crippen LogP contribution in [0.1, 0.15) is 11.1 Å². The number of benzene rings is 3. The SMILES string of the molecule is COc1cccc(/C=C2/N=C(c3ccccc3F)N(c3cccc(Br)c3)C2=O)c1. The van der Waals surface area contributed by atoms with Crippen molar-refractivity contribution in [3.63, 3.8) is 0 Å². The van der Waals surface area contributed by atoms with Crippen LogP contribution >= 0.6 is 15.9 Å². The van der Waals surface area contributed by atoms with Gasteiger partial charge in [0.05, 0.1) is 18.4 Å². The molecule has 0 saturated heterocycles. The maximum atomic E-state index is 14.5. The number of rotatable bonds is 4. The van der Waals surface area contributed by atoms with Crippen molar-refractivity contribution in [2.24, 2.45) is 4.99 Å². The number of aliphatic imine (C=N–C) groups is 1. The van der Waals surface area contributed by atoms with E-state index in [1.807, 2.05) is 30.3 Å². The number of hydrogen-bond donors (Lipinski definition) is 0. The lowest BCUT2D eigenvalue weighted by Crippen LogP contribution is -2.33. The first-order chi connectivity index (χ1) is 14.1. The monoisotopic (exact) mass is 450 g/mol. The minimum atomic E-state index is -0.443. The number of amidine groups is 1. The van der Waals surface area contributed by atoms with Crippen LogP contribution in [-0.4, -0.2) is 18.9 Å². The number of halogens is 2. The molecule has 0 bridgehead atoms. The second kappa shape index (κ2) is 8.01. The Bertz CT molecular complexity index is 1160. The van der Waals surface area contributed by atoms with Gasteiger partial charge in [0.1, 0.15) is 17.3 Å². The zero-order chi connectivity index (χ0) is 20.4. The van der Waals surface area contributed by atoms with Crippen molar-refractivity contribution in [2.75, 3.05) is 12.0 Å². The number of carbonyl (C=O) groups is 1. The van der Waals surface area contributed by atoms with E-state index in [1.165, 1.54) is 11.0 Å². The van der Waals surface area contributed by atoms with E-state index in [0.717, 1.165) is 10.0 Å². The largest absolute Gasteiger partial charge is 0.497 e. The summed E-state index contributed by atoms with van der Waals surface area (Å²) in [4.78, 5) is 19.2. The molecule has 1 amide bonds. The van der Waals surface area contributed by atoms with E-state index in [-0.39, 0.29) is 23.0 Å². The van der Waals surface area contributed by atoms with Gasteiger partial charge >= 0.3 is 0 Å². The number of nitrogens with zero attached hydrogens (tertiary/aromatic N) is 2. The molecule has 144 valence electrons. The smallest absolute Gasteiger partial charge is 0.282 e. The van der Waals surface area contributed by atoms with Gasteiger partial charge in [-0.3, -0.25) is 9.69 Å². The second-order valence-corrected chi connectivity index (χ2v) is 7.26. The van der Waals surface area contributed by atoms with Gasteiger partial charge in [-0.1, -0.05) is 46.3 Å². The first kappa shape index (κ1) is 19.1. The van der Waals surface area contributed by atoms with Gasteiger partial charge < -0.3 is 4.74 Å². The summed E-state index contributed by atoms with van der Waals surface area (Å²) >= 11 is 3.42. The van der Waals surface area contributed by atoms with E-state index in [1.54, 1.807) is 49.6 Å². The molecule has 6 heteroatoms. The van der Waals surface area contributed by atoms with E-state index >= 15 is 0 Å². The van der Waals surface area contributed by atoms with E-state index in [2.05, 4.69) is 20.9 Å². The summed E-state index contributed by atoms with van der Waals surface area (Å²) in [6.07, 6.45) is 1.67. The number of methoxy groups -OCH3 is 1. The van der Waals surface area contributed by atoms with Crippen molar-refractivity contribution >= 4 is 39.4 Å². The number of carbonyl (C=O) groups excluding carboxylic acids is 1. The molecule has 3 aromatic carbocycles. The van der Waals surface area contributed by atoms with Crippen molar-refractivity contribution in [3.8, 4) is 5.75 Å². The molecule has 1 aliphatic rings. The molecule has 4 nitrogen and oxygen atoms in total. The predicted molar refractivity (Wildman–Crippen MR) is 116 cm³/mol. The van der Waals surface area contributed by atoms with Gasteiger partial charge in [0.15, 0.2) is 5.84 Å². The van der Waals surface area contributed by atoms with E-state index in [9.17, 15) is 9.18 Å². The number of anilines is 1. The molecule has 4 rings (SSSR count). The lowest BCUT2D eigenvalue weighted by atomic mass is 10.1.